The molecular weight excluding hydrogens is 216 g/mol. The van der Waals surface area contributed by atoms with Gasteiger partial charge in [-0.25, -0.2) is 0 Å². The Kier molecular flexibility index (Phi) is 4.22. The fourth-order valence-electron chi connectivity index (χ4n) is 0.923. The van der Waals surface area contributed by atoms with E-state index in [4.69, 9.17) is 4.74 Å². The van der Waals surface area contributed by atoms with Crippen LogP contribution in [0.3, 0.4) is 0 Å². The Labute approximate surface area is 93.9 Å². The molecule has 1 aliphatic rings. The summed E-state index contributed by atoms with van der Waals surface area (Å²) in [7, 11) is 3.45. The maximum absolute atomic E-state index is 9.68. The second-order valence-electron chi connectivity index (χ2n) is 4.47. The van der Waals surface area contributed by atoms with E-state index in [9.17, 15) is 5.11 Å². The molecule has 0 bridgehead atoms. The molecule has 1 heterocycles. The van der Waals surface area contributed by atoms with Crippen LogP contribution in [0, 0.1) is 5.41 Å². The summed E-state index contributed by atoms with van der Waals surface area (Å²) in [6, 6.07) is 0. The maximum atomic E-state index is 9.68. The quantitative estimate of drug-likeness (QED) is 0.587. The molecule has 4 heteroatoms. The average molecular weight is 234 g/mol. The highest BCUT2D eigenvalue weighted by atomic mass is 33.1. The van der Waals surface area contributed by atoms with Gasteiger partial charge in [0.05, 0.1) is 5.76 Å². The summed E-state index contributed by atoms with van der Waals surface area (Å²) in [6.07, 6.45) is -0.451. The summed E-state index contributed by atoms with van der Waals surface area (Å²) in [5, 5.41) is 9.68. The number of hydrogen-bond donors (Lipinski definition) is 1. The summed E-state index contributed by atoms with van der Waals surface area (Å²) in [5.41, 5.74) is -0.0467. The molecule has 82 valence electrons. The zero-order valence-electron chi connectivity index (χ0n) is 8.95. The zero-order chi connectivity index (χ0) is 10.8. The van der Waals surface area contributed by atoms with Gasteiger partial charge in [-0.05, 0) is 0 Å². The molecule has 0 saturated carbocycles. The van der Waals surface area contributed by atoms with Crippen molar-refractivity contribution in [3.63, 3.8) is 0 Å². The Morgan fingerprint density at radius 2 is 1.93 bits per heavy atom. The Bertz CT molecular complexity index is 211. The standard InChI is InChI=1S/C10H18O2S2/c1-7(10(2,3)4)12-9-6-14-13-5-8(9)11/h8-9,11H,1,5-6H2,2-4H3/t8-,9-/m0/s1. The van der Waals surface area contributed by atoms with Gasteiger partial charge in [-0.1, -0.05) is 48.9 Å². The fourth-order valence-corrected chi connectivity index (χ4v) is 3.29. The van der Waals surface area contributed by atoms with E-state index in [1.165, 1.54) is 0 Å². The van der Waals surface area contributed by atoms with E-state index in [-0.39, 0.29) is 17.6 Å². The molecular formula is C10H18O2S2. The molecule has 0 aromatic rings. The molecule has 2 nitrogen and oxygen atoms in total. The summed E-state index contributed by atoms with van der Waals surface area (Å²) in [5.74, 6) is 2.34. The molecule has 0 aliphatic carbocycles. The molecule has 0 aromatic heterocycles. The number of rotatable bonds is 2. The number of aliphatic hydroxyl groups is 1. The molecule has 1 rings (SSSR count). The highest BCUT2D eigenvalue weighted by Crippen LogP contribution is 2.34. The van der Waals surface area contributed by atoms with Crippen LogP contribution in [0.15, 0.2) is 12.3 Å². The first kappa shape index (κ1) is 12.3. The maximum Gasteiger partial charge on any atom is 0.135 e. The molecule has 0 amide bonds. The van der Waals surface area contributed by atoms with Crippen LogP contribution in [-0.4, -0.2) is 28.8 Å². The third-order valence-corrected chi connectivity index (χ3v) is 4.54. The predicted molar refractivity (Wildman–Crippen MR) is 64.4 cm³/mol. The normalized spacial score (nSPS) is 28.6. The highest BCUT2D eigenvalue weighted by Gasteiger charge is 2.28. The van der Waals surface area contributed by atoms with E-state index in [2.05, 4.69) is 27.4 Å². The Morgan fingerprint density at radius 1 is 1.36 bits per heavy atom. The lowest BCUT2D eigenvalue weighted by molar-refractivity contribution is 0.00482. The second kappa shape index (κ2) is 4.81. The van der Waals surface area contributed by atoms with E-state index in [1.54, 1.807) is 21.6 Å². The summed E-state index contributed by atoms with van der Waals surface area (Å²) in [6.45, 7) is 10.1. The molecule has 1 aliphatic heterocycles. The molecule has 1 saturated heterocycles. The van der Waals surface area contributed by atoms with Crippen LogP contribution in [0.1, 0.15) is 20.8 Å². The van der Waals surface area contributed by atoms with Crippen LogP contribution < -0.4 is 0 Å². The average Bonchev–Trinajstić information content (AvgIpc) is 2.07. The fraction of sp³-hybridized carbons (Fsp3) is 0.800. The van der Waals surface area contributed by atoms with Crippen molar-refractivity contribution < 1.29 is 9.84 Å². The molecule has 0 unspecified atom stereocenters. The van der Waals surface area contributed by atoms with Crippen molar-refractivity contribution in [3.8, 4) is 0 Å². The lowest BCUT2D eigenvalue weighted by Crippen LogP contribution is -2.36. The van der Waals surface area contributed by atoms with Crippen LogP contribution in [0.2, 0.25) is 0 Å². The minimum Gasteiger partial charge on any atom is -0.491 e. The van der Waals surface area contributed by atoms with E-state index in [1.807, 2.05) is 0 Å². The van der Waals surface area contributed by atoms with Gasteiger partial charge >= 0.3 is 0 Å². The van der Waals surface area contributed by atoms with Crippen molar-refractivity contribution >= 4 is 21.6 Å². The predicted octanol–water partition coefficient (Wildman–Crippen LogP) is 2.69. The highest BCUT2D eigenvalue weighted by molar-refractivity contribution is 8.76. The molecule has 14 heavy (non-hydrogen) atoms. The van der Waals surface area contributed by atoms with E-state index in [0.29, 0.717) is 0 Å². The molecule has 0 spiro atoms. The van der Waals surface area contributed by atoms with Gasteiger partial charge in [-0.2, -0.15) is 0 Å². The second-order valence-corrected chi connectivity index (χ2v) is 7.02. The van der Waals surface area contributed by atoms with E-state index < -0.39 is 0 Å². The lowest BCUT2D eigenvalue weighted by atomic mass is 9.94. The SMILES string of the molecule is C=C(O[C@H]1CSSC[C@@H]1O)C(C)(C)C. The number of aliphatic hydroxyl groups excluding tert-OH is 1. The zero-order valence-corrected chi connectivity index (χ0v) is 10.6. The molecule has 2 atom stereocenters. The van der Waals surface area contributed by atoms with Gasteiger partial charge in [-0.3, -0.25) is 0 Å². The topological polar surface area (TPSA) is 29.5 Å². The van der Waals surface area contributed by atoms with Gasteiger partial charge in [0.25, 0.3) is 0 Å². The van der Waals surface area contributed by atoms with Crippen LogP contribution in [0.5, 0.6) is 0 Å². The minimum absolute atomic E-state index is 0.0467. The van der Waals surface area contributed by atoms with Crippen LogP contribution in [0.4, 0.5) is 0 Å². The summed E-state index contributed by atoms with van der Waals surface area (Å²) >= 11 is 0. The largest absolute Gasteiger partial charge is 0.491 e. The monoisotopic (exact) mass is 234 g/mol. The van der Waals surface area contributed by atoms with Gasteiger partial charge < -0.3 is 9.84 Å². The van der Waals surface area contributed by atoms with Crippen LogP contribution in [-0.2, 0) is 4.74 Å². The van der Waals surface area contributed by atoms with Crippen LogP contribution in [0.25, 0.3) is 0 Å². The number of ether oxygens (including phenoxy) is 1. The Hall–Kier alpha value is 0.200. The Balaban J connectivity index is 2.46. The summed E-state index contributed by atoms with van der Waals surface area (Å²) < 4.78 is 5.69. The van der Waals surface area contributed by atoms with Crippen molar-refractivity contribution in [1.82, 2.24) is 0 Å². The molecule has 0 radical (unpaired) electrons. The van der Waals surface area contributed by atoms with Crippen LogP contribution >= 0.6 is 21.6 Å². The van der Waals surface area contributed by atoms with Crippen molar-refractivity contribution in [2.24, 2.45) is 5.41 Å². The van der Waals surface area contributed by atoms with Gasteiger partial charge in [0, 0.05) is 16.9 Å². The third kappa shape index (κ3) is 3.41. The smallest absolute Gasteiger partial charge is 0.135 e. The third-order valence-electron chi connectivity index (χ3n) is 2.11. The first-order valence-electron chi connectivity index (χ1n) is 4.70. The lowest BCUT2D eigenvalue weighted by Gasteiger charge is -2.32. The van der Waals surface area contributed by atoms with Gasteiger partial charge in [0.2, 0.25) is 0 Å². The van der Waals surface area contributed by atoms with Gasteiger partial charge in [0.15, 0.2) is 0 Å². The minimum atomic E-state index is -0.361. The van der Waals surface area contributed by atoms with Gasteiger partial charge in [-0.15, -0.1) is 0 Å². The van der Waals surface area contributed by atoms with E-state index in [0.717, 1.165) is 17.3 Å². The number of hydrogen-bond acceptors (Lipinski definition) is 4. The number of allylic oxidation sites excluding steroid dienone is 1. The molecule has 1 fully saturated rings. The van der Waals surface area contributed by atoms with Crippen molar-refractivity contribution in [2.45, 2.75) is 33.0 Å². The van der Waals surface area contributed by atoms with Crippen molar-refractivity contribution in [1.29, 1.82) is 0 Å². The first-order valence-corrected chi connectivity index (χ1v) is 7.18. The van der Waals surface area contributed by atoms with Crippen molar-refractivity contribution in [2.75, 3.05) is 11.5 Å². The summed E-state index contributed by atoms with van der Waals surface area (Å²) in [4.78, 5) is 0. The van der Waals surface area contributed by atoms with Gasteiger partial charge in [0.1, 0.15) is 12.2 Å². The first-order chi connectivity index (χ1) is 6.41. The molecule has 0 aromatic carbocycles. The van der Waals surface area contributed by atoms with Crippen molar-refractivity contribution in [3.05, 3.63) is 12.3 Å². The molecule has 1 N–H and O–H groups in total. The Morgan fingerprint density at radius 3 is 2.43 bits per heavy atom. The van der Waals surface area contributed by atoms with E-state index >= 15 is 0 Å².